The molecule has 72 valence electrons. The van der Waals surface area contributed by atoms with Crippen LogP contribution >= 0.6 is 0 Å². The zero-order chi connectivity index (χ0) is 9.84. The average molecular weight is 177 g/mol. The summed E-state index contributed by atoms with van der Waals surface area (Å²) in [7, 11) is 2.00. The summed E-state index contributed by atoms with van der Waals surface area (Å²) in [5.74, 6) is 0. The van der Waals surface area contributed by atoms with Crippen molar-refractivity contribution in [2.75, 3.05) is 7.05 Å². The molecule has 0 aliphatic rings. The van der Waals surface area contributed by atoms with E-state index in [1.165, 1.54) is 16.7 Å². The van der Waals surface area contributed by atoms with Crippen molar-refractivity contribution in [3.8, 4) is 0 Å². The van der Waals surface area contributed by atoms with E-state index in [9.17, 15) is 0 Å². The van der Waals surface area contributed by atoms with Crippen molar-refractivity contribution in [3.63, 3.8) is 0 Å². The van der Waals surface area contributed by atoms with Gasteiger partial charge in [0.2, 0.25) is 0 Å². The van der Waals surface area contributed by atoms with Crippen LogP contribution in [0.3, 0.4) is 0 Å². The van der Waals surface area contributed by atoms with Gasteiger partial charge in [-0.05, 0) is 38.4 Å². The Morgan fingerprint density at radius 2 is 2.08 bits per heavy atom. The summed E-state index contributed by atoms with van der Waals surface area (Å²) in [5.41, 5.74) is 4.24. The van der Waals surface area contributed by atoms with Crippen LogP contribution in [0.25, 0.3) is 0 Å². The molecule has 1 N–H and O–H groups in total. The molecule has 1 nitrogen and oxygen atoms in total. The second-order valence-corrected chi connectivity index (χ2v) is 3.57. The molecule has 0 aliphatic heterocycles. The van der Waals surface area contributed by atoms with Crippen LogP contribution in [0.15, 0.2) is 18.2 Å². The molecule has 0 aromatic heterocycles. The molecule has 0 amide bonds. The standard InChI is InChI=1S/C12H19N/c1-5-11-8-9(2)6-7-12(11)10(3)13-4/h6-8,10,13H,5H2,1-4H3. The van der Waals surface area contributed by atoms with Crippen molar-refractivity contribution in [3.05, 3.63) is 34.9 Å². The van der Waals surface area contributed by atoms with Crippen molar-refractivity contribution in [2.24, 2.45) is 0 Å². The lowest BCUT2D eigenvalue weighted by atomic mass is 9.98. The first kappa shape index (κ1) is 10.3. The molecule has 13 heavy (non-hydrogen) atoms. The van der Waals surface area contributed by atoms with Gasteiger partial charge in [0, 0.05) is 6.04 Å². The minimum absolute atomic E-state index is 0.454. The van der Waals surface area contributed by atoms with E-state index in [2.05, 4.69) is 44.3 Å². The zero-order valence-corrected chi connectivity index (χ0v) is 9.02. The minimum Gasteiger partial charge on any atom is -0.313 e. The summed E-state index contributed by atoms with van der Waals surface area (Å²) in [6.07, 6.45) is 1.11. The monoisotopic (exact) mass is 177 g/mol. The summed E-state index contributed by atoms with van der Waals surface area (Å²) in [5, 5.41) is 3.28. The van der Waals surface area contributed by atoms with E-state index < -0.39 is 0 Å². The van der Waals surface area contributed by atoms with Crippen LogP contribution in [0.5, 0.6) is 0 Å². The molecule has 0 aliphatic carbocycles. The molecule has 1 aromatic rings. The lowest BCUT2D eigenvalue weighted by Gasteiger charge is -2.15. The van der Waals surface area contributed by atoms with E-state index in [-0.39, 0.29) is 0 Å². The van der Waals surface area contributed by atoms with Gasteiger partial charge in [0.1, 0.15) is 0 Å². The Bertz CT molecular complexity index is 278. The fraction of sp³-hybridized carbons (Fsp3) is 0.500. The van der Waals surface area contributed by atoms with E-state index in [1.807, 2.05) is 7.05 Å². The van der Waals surface area contributed by atoms with Crippen LogP contribution in [0.2, 0.25) is 0 Å². The lowest BCUT2D eigenvalue weighted by molar-refractivity contribution is 0.645. The number of rotatable bonds is 3. The van der Waals surface area contributed by atoms with Crippen LogP contribution in [0.4, 0.5) is 0 Å². The highest BCUT2D eigenvalue weighted by Crippen LogP contribution is 2.19. The molecule has 1 aromatic carbocycles. The van der Waals surface area contributed by atoms with E-state index in [1.54, 1.807) is 0 Å². The molecule has 1 rings (SSSR count). The van der Waals surface area contributed by atoms with Crippen molar-refractivity contribution in [1.82, 2.24) is 5.32 Å². The average Bonchev–Trinajstić information content (AvgIpc) is 2.16. The number of nitrogens with one attached hydrogen (secondary N) is 1. The number of hydrogen-bond acceptors (Lipinski definition) is 1. The van der Waals surface area contributed by atoms with E-state index in [0.717, 1.165) is 6.42 Å². The molecule has 0 bridgehead atoms. The Labute approximate surface area is 81.2 Å². The fourth-order valence-corrected chi connectivity index (χ4v) is 1.62. The molecule has 0 fully saturated rings. The summed E-state index contributed by atoms with van der Waals surface area (Å²) < 4.78 is 0. The van der Waals surface area contributed by atoms with Crippen LogP contribution in [-0.2, 0) is 6.42 Å². The molecule has 0 heterocycles. The first-order valence-corrected chi connectivity index (χ1v) is 4.95. The quantitative estimate of drug-likeness (QED) is 0.748. The van der Waals surface area contributed by atoms with Gasteiger partial charge in [-0.1, -0.05) is 30.7 Å². The summed E-state index contributed by atoms with van der Waals surface area (Å²) >= 11 is 0. The SMILES string of the molecule is CCc1cc(C)ccc1C(C)NC. The third kappa shape index (κ3) is 2.31. The summed E-state index contributed by atoms with van der Waals surface area (Å²) in [6.45, 7) is 6.55. The Hall–Kier alpha value is -0.820. The third-order valence-electron chi connectivity index (χ3n) is 2.58. The minimum atomic E-state index is 0.454. The largest absolute Gasteiger partial charge is 0.313 e. The van der Waals surface area contributed by atoms with E-state index >= 15 is 0 Å². The van der Waals surface area contributed by atoms with Gasteiger partial charge in [0.15, 0.2) is 0 Å². The molecule has 1 heteroatoms. The van der Waals surface area contributed by atoms with Crippen molar-refractivity contribution >= 4 is 0 Å². The second-order valence-electron chi connectivity index (χ2n) is 3.57. The molecular weight excluding hydrogens is 158 g/mol. The summed E-state index contributed by atoms with van der Waals surface area (Å²) in [6, 6.07) is 7.15. The van der Waals surface area contributed by atoms with Crippen LogP contribution in [0, 0.1) is 6.92 Å². The van der Waals surface area contributed by atoms with Gasteiger partial charge in [-0.25, -0.2) is 0 Å². The predicted molar refractivity (Wildman–Crippen MR) is 58.0 cm³/mol. The highest BCUT2D eigenvalue weighted by molar-refractivity contribution is 5.33. The molecule has 1 unspecified atom stereocenters. The molecule has 0 saturated carbocycles. The smallest absolute Gasteiger partial charge is 0.0291 e. The predicted octanol–water partition coefficient (Wildman–Crippen LogP) is 2.84. The molecular formula is C12H19N. The second kappa shape index (κ2) is 4.43. The van der Waals surface area contributed by atoms with Crippen molar-refractivity contribution in [2.45, 2.75) is 33.2 Å². The molecule has 0 radical (unpaired) electrons. The maximum Gasteiger partial charge on any atom is 0.0291 e. The number of aryl methyl sites for hydroxylation is 2. The first-order valence-electron chi connectivity index (χ1n) is 4.95. The van der Waals surface area contributed by atoms with Gasteiger partial charge in [-0.15, -0.1) is 0 Å². The summed E-state index contributed by atoms with van der Waals surface area (Å²) in [4.78, 5) is 0. The Balaban J connectivity index is 3.05. The highest BCUT2D eigenvalue weighted by Gasteiger charge is 2.06. The van der Waals surface area contributed by atoms with Crippen LogP contribution in [-0.4, -0.2) is 7.05 Å². The Morgan fingerprint density at radius 3 is 2.62 bits per heavy atom. The third-order valence-corrected chi connectivity index (χ3v) is 2.58. The molecule has 0 saturated heterocycles. The zero-order valence-electron chi connectivity index (χ0n) is 9.02. The van der Waals surface area contributed by atoms with Crippen LogP contribution in [0.1, 0.15) is 36.6 Å². The first-order chi connectivity index (χ1) is 6.19. The van der Waals surface area contributed by atoms with Gasteiger partial charge in [0.05, 0.1) is 0 Å². The lowest BCUT2D eigenvalue weighted by Crippen LogP contribution is -2.14. The molecule has 0 spiro atoms. The van der Waals surface area contributed by atoms with Crippen molar-refractivity contribution in [1.29, 1.82) is 0 Å². The van der Waals surface area contributed by atoms with Gasteiger partial charge >= 0.3 is 0 Å². The Morgan fingerprint density at radius 1 is 1.38 bits per heavy atom. The van der Waals surface area contributed by atoms with Gasteiger partial charge in [-0.2, -0.15) is 0 Å². The topological polar surface area (TPSA) is 12.0 Å². The maximum atomic E-state index is 3.28. The normalized spacial score (nSPS) is 12.9. The van der Waals surface area contributed by atoms with E-state index in [4.69, 9.17) is 0 Å². The van der Waals surface area contributed by atoms with Gasteiger partial charge < -0.3 is 5.32 Å². The van der Waals surface area contributed by atoms with Crippen molar-refractivity contribution < 1.29 is 0 Å². The number of hydrogen-bond donors (Lipinski definition) is 1. The number of benzene rings is 1. The van der Waals surface area contributed by atoms with Gasteiger partial charge in [0.25, 0.3) is 0 Å². The van der Waals surface area contributed by atoms with Crippen LogP contribution < -0.4 is 5.32 Å². The van der Waals surface area contributed by atoms with E-state index in [0.29, 0.717) is 6.04 Å². The fourth-order valence-electron chi connectivity index (χ4n) is 1.62. The van der Waals surface area contributed by atoms with Gasteiger partial charge in [-0.3, -0.25) is 0 Å². The maximum absolute atomic E-state index is 3.28. The highest BCUT2D eigenvalue weighted by atomic mass is 14.9. The molecule has 1 atom stereocenters. The Kier molecular flexibility index (Phi) is 3.49.